The maximum atomic E-state index is 14.0. The monoisotopic (exact) mass is 373 g/mol. The van der Waals surface area contributed by atoms with Crippen molar-refractivity contribution in [2.45, 2.75) is 13.3 Å². The molecule has 0 unspecified atom stereocenters. The van der Waals surface area contributed by atoms with Crippen molar-refractivity contribution in [3.8, 4) is 5.75 Å². The molecule has 0 saturated heterocycles. The summed E-state index contributed by atoms with van der Waals surface area (Å²) < 4.78 is 19.6. The van der Waals surface area contributed by atoms with E-state index >= 15 is 0 Å². The molecule has 0 aliphatic carbocycles. The standard InChI is InChI=1S/C23H20FN3O/c1-2-14-28-19-11-8-16(9-12-19)22-20-15-18(24)10-13-21(20)25-23(27-26-22)17-6-4-3-5-7-17/h3-13,15H,2,14H2,1H3,(H,25,27). The molecule has 5 heteroatoms. The van der Waals surface area contributed by atoms with Crippen LogP contribution in [0.3, 0.4) is 0 Å². The predicted octanol–water partition coefficient (Wildman–Crippen LogP) is 5.05. The number of nitrogens with zero attached hydrogens (tertiary/aromatic N) is 2. The highest BCUT2D eigenvalue weighted by atomic mass is 19.1. The summed E-state index contributed by atoms with van der Waals surface area (Å²) in [6.45, 7) is 2.74. The highest BCUT2D eigenvalue weighted by Gasteiger charge is 2.18. The molecular weight excluding hydrogens is 353 g/mol. The van der Waals surface area contributed by atoms with Crippen molar-refractivity contribution in [3.05, 3.63) is 95.3 Å². The lowest BCUT2D eigenvalue weighted by Gasteiger charge is -2.09. The first-order chi connectivity index (χ1) is 13.7. The molecule has 4 rings (SSSR count). The summed E-state index contributed by atoms with van der Waals surface area (Å²) >= 11 is 0. The van der Waals surface area contributed by atoms with E-state index in [1.807, 2.05) is 54.6 Å². The van der Waals surface area contributed by atoms with Gasteiger partial charge in [0.05, 0.1) is 12.3 Å². The molecular formula is C23H20FN3O. The number of hydrogen-bond acceptors (Lipinski definition) is 4. The Labute approximate surface area is 163 Å². The van der Waals surface area contributed by atoms with Crippen LogP contribution in [0.1, 0.15) is 30.0 Å². The Bertz CT molecular complexity index is 1030. The van der Waals surface area contributed by atoms with Gasteiger partial charge < -0.3 is 4.74 Å². The number of rotatable bonds is 5. The number of fused-ring (bicyclic) bond motifs is 1. The van der Waals surface area contributed by atoms with Crippen LogP contribution < -0.4 is 10.2 Å². The van der Waals surface area contributed by atoms with Crippen molar-refractivity contribution < 1.29 is 9.13 Å². The molecule has 4 nitrogen and oxygen atoms in total. The van der Waals surface area contributed by atoms with Gasteiger partial charge in [0, 0.05) is 16.7 Å². The molecule has 0 saturated carbocycles. The summed E-state index contributed by atoms with van der Waals surface area (Å²) in [5, 5.41) is 4.55. The molecule has 0 fully saturated rings. The van der Waals surface area contributed by atoms with Gasteiger partial charge in [-0.1, -0.05) is 37.3 Å². The molecule has 0 spiro atoms. The second-order valence-electron chi connectivity index (χ2n) is 6.43. The van der Waals surface area contributed by atoms with Gasteiger partial charge in [-0.2, -0.15) is 5.10 Å². The molecule has 0 amide bonds. The third-order valence-corrected chi connectivity index (χ3v) is 4.37. The Morgan fingerprint density at radius 1 is 0.929 bits per heavy atom. The van der Waals surface area contributed by atoms with Gasteiger partial charge >= 0.3 is 0 Å². The average Bonchev–Trinajstić information content (AvgIpc) is 2.93. The second-order valence-corrected chi connectivity index (χ2v) is 6.43. The van der Waals surface area contributed by atoms with Crippen LogP contribution in [0.4, 0.5) is 10.1 Å². The smallest absolute Gasteiger partial charge is 0.154 e. The molecule has 1 aliphatic rings. The lowest BCUT2D eigenvalue weighted by Crippen LogP contribution is -2.19. The third kappa shape index (κ3) is 3.78. The molecule has 1 aliphatic heterocycles. The fraction of sp³-hybridized carbons (Fsp3) is 0.130. The van der Waals surface area contributed by atoms with Gasteiger partial charge in [0.2, 0.25) is 0 Å². The van der Waals surface area contributed by atoms with Gasteiger partial charge in [0.15, 0.2) is 5.84 Å². The first-order valence-corrected chi connectivity index (χ1v) is 9.25. The number of halogens is 1. The summed E-state index contributed by atoms with van der Waals surface area (Å²) in [6.07, 6.45) is 0.949. The summed E-state index contributed by atoms with van der Waals surface area (Å²) in [5.41, 5.74) is 6.74. The first kappa shape index (κ1) is 17.9. The molecule has 3 aromatic rings. The number of aliphatic imine (C=N–C) groups is 1. The number of amidine groups is 1. The van der Waals surface area contributed by atoms with Crippen molar-refractivity contribution in [2.24, 2.45) is 10.1 Å². The number of hydrazone groups is 1. The van der Waals surface area contributed by atoms with E-state index in [-0.39, 0.29) is 5.82 Å². The lowest BCUT2D eigenvalue weighted by molar-refractivity contribution is 0.317. The van der Waals surface area contributed by atoms with E-state index in [9.17, 15) is 4.39 Å². The summed E-state index contributed by atoms with van der Waals surface area (Å²) in [4.78, 5) is 4.68. The first-order valence-electron chi connectivity index (χ1n) is 9.25. The predicted molar refractivity (Wildman–Crippen MR) is 110 cm³/mol. The average molecular weight is 373 g/mol. The third-order valence-electron chi connectivity index (χ3n) is 4.37. The largest absolute Gasteiger partial charge is 0.494 e. The van der Waals surface area contributed by atoms with E-state index in [0.717, 1.165) is 23.3 Å². The van der Waals surface area contributed by atoms with Crippen LogP contribution in [0.2, 0.25) is 0 Å². The lowest BCUT2D eigenvalue weighted by atomic mass is 10.0. The molecule has 140 valence electrons. The van der Waals surface area contributed by atoms with Gasteiger partial charge in [0.25, 0.3) is 0 Å². The van der Waals surface area contributed by atoms with E-state index in [2.05, 4.69) is 22.4 Å². The highest BCUT2D eigenvalue weighted by Crippen LogP contribution is 2.27. The van der Waals surface area contributed by atoms with Crippen LogP contribution in [0.5, 0.6) is 5.75 Å². The number of nitrogens with one attached hydrogen (secondary N) is 1. The molecule has 0 radical (unpaired) electrons. The molecule has 0 aromatic heterocycles. The Morgan fingerprint density at radius 2 is 1.71 bits per heavy atom. The molecule has 28 heavy (non-hydrogen) atoms. The summed E-state index contributed by atoms with van der Waals surface area (Å²) in [6, 6.07) is 21.9. The van der Waals surface area contributed by atoms with Crippen LogP contribution in [0.25, 0.3) is 0 Å². The molecule has 0 bridgehead atoms. The minimum absolute atomic E-state index is 0.326. The maximum absolute atomic E-state index is 14.0. The number of ether oxygens (including phenoxy) is 1. The molecule has 1 heterocycles. The van der Waals surface area contributed by atoms with Crippen LogP contribution >= 0.6 is 0 Å². The van der Waals surface area contributed by atoms with Crippen LogP contribution in [0.15, 0.2) is 82.9 Å². The van der Waals surface area contributed by atoms with E-state index in [1.54, 1.807) is 6.07 Å². The zero-order chi connectivity index (χ0) is 19.3. The van der Waals surface area contributed by atoms with Crippen LogP contribution in [0, 0.1) is 5.82 Å². The molecule has 3 aromatic carbocycles. The van der Waals surface area contributed by atoms with Gasteiger partial charge in [0.1, 0.15) is 17.3 Å². The van der Waals surface area contributed by atoms with E-state index < -0.39 is 0 Å². The Hall–Kier alpha value is -3.47. The normalized spacial score (nSPS) is 12.9. The highest BCUT2D eigenvalue weighted by molar-refractivity contribution is 6.18. The molecule has 1 N–H and O–H groups in total. The SMILES string of the molecule is CCCOc1ccc(C2=NNC(c3ccccc3)=Nc3ccc(F)cc32)cc1. The maximum Gasteiger partial charge on any atom is 0.154 e. The van der Waals surface area contributed by atoms with Crippen molar-refractivity contribution in [1.29, 1.82) is 0 Å². The Kier molecular flexibility index (Phi) is 5.15. The zero-order valence-electron chi connectivity index (χ0n) is 15.5. The zero-order valence-corrected chi connectivity index (χ0v) is 15.5. The quantitative estimate of drug-likeness (QED) is 0.680. The van der Waals surface area contributed by atoms with Crippen molar-refractivity contribution in [1.82, 2.24) is 5.43 Å². The van der Waals surface area contributed by atoms with Gasteiger partial charge in [-0.25, -0.2) is 9.38 Å². The number of benzene rings is 3. The van der Waals surface area contributed by atoms with Gasteiger partial charge in [-0.3, -0.25) is 5.43 Å². The molecule has 0 atom stereocenters. The van der Waals surface area contributed by atoms with E-state index in [0.29, 0.717) is 29.4 Å². The van der Waals surface area contributed by atoms with Crippen molar-refractivity contribution in [2.75, 3.05) is 6.61 Å². The Morgan fingerprint density at radius 3 is 2.46 bits per heavy atom. The minimum atomic E-state index is -0.326. The van der Waals surface area contributed by atoms with Crippen LogP contribution in [-0.2, 0) is 0 Å². The van der Waals surface area contributed by atoms with Crippen LogP contribution in [-0.4, -0.2) is 18.2 Å². The summed E-state index contributed by atoms with van der Waals surface area (Å²) in [5.74, 6) is 1.09. The Balaban J connectivity index is 1.75. The van der Waals surface area contributed by atoms with Gasteiger partial charge in [-0.15, -0.1) is 0 Å². The van der Waals surface area contributed by atoms with E-state index in [1.165, 1.54) is 12.1 Å². The van der Waals surface area contributed by atoms with E-state index in [4.69, 9.17) is 4.74 Å². The minimum Gasteiger partial charge on any atom is -0.494 e. The summed E-state index contributed by atoms with van der Waals surface area (Å²) in [7, 11) is 0. The van der Waals surface area contributed by atoms with Gasteiger partial charge in [-0.05, 0) is 48.9 Å². The second kappa shape index (κ2) is 8.05. The topological polar surface area (TPSA) is 46.0 Å². The number of hydrogen-bond donors (Lipinski definition) is 1. The van der Waals surface area contributed by atoms with Crippen molar-refractivity contribution >= 4 is 17.2 Å². The fourth-order valence-electron chi connectivity index (χ4n) is 2.98. The van der Waals surface area contributed by atoms with Crippen molar-refractivity contribution in [3.63, 3.8) is 0 Å². The fourth-order valence-corrected chi connectivity index (χ4v) is 2.98.